The Bertz CT molecular complexity index is 417. The van der Waals surface area contributed by atoms with E-state index in [1.54, 1.807) is 0 Å². The molecule has 1 N–H and O–H groups in total. The van der Waals surface area contributed by atoms with Crippen molar-refractivity contribution >= 4 is 11.6 Å². The molecule has 1 aliphatic rings. The van der Waals surface area contributed by atoms with Crippen molar-refractivity contribution in [2.45, 2.75) is 13.0 Å². The predicted molar refractivity (Wildman–Crippen MR) is 77.0 cm³/mol. The highest BCUT2D eigenvalue weighted by atomic mass is 16.5. The van der Waals surface area contributed by atoms with Gasteiger partial charge in [-0.2, -0.15) is 0 Å². The van der Waals surface area contributed by atoms with Gasteiger partial charge in [0.1, 0.15) is 17.5 Å². The summed E-state index contributed by atoms with van der Waals surface area (Å²) in [6.45, 7) is 5.37. The van der Waals surface area contributed by atoms with Crippen molar-refractivity contribution in [3.8, 4) is 0 Å². The highest BCUT2D eigenvalue weighted by Gasteiger charge is 2.17. The van der Waals surface area contributed by atoms with E-state index in [2.05, 4.69) is 20.2 Å². The van der Waals surface area contributed by atoms with Crippen LogP contribution in [0.3, 0.4) is 0 Å². The minimum Gasteiger partial charge on any atom is -0.374 e. The number of morpholine rings is 1. The van der Waals surface area contributed by atoms with Crippen molar-refractivity contribution in [2.24, 2.45) is 0 Å². The Hall–Kier alpha value is -1.40. The second-order valence-electron chi connectivity index (χ2n) is 5.10. The van der Waals surface area contributed by atoms with Crippen LogP contribution in [-0.4, -0.2) is 63.5 Å². The quantitative estimate of drug-likeness (QED) is 0.844. The number of rotatable bonds is 4. The van der Waals surface area contributed by atoms with Crippen molar-refractivity contribution in [1.29, 1.82) is 0 Å². The third-order valence-electron chi connectivity index (χ3n) is 3.14. The van der Waals surface area contributed by atoms with Crippen LogP contribution < -0.4 is 15.1 Å². The molecule has 1 unspecified atom stereocenters. The molecule has 6 nitrogen and oxygen atoms in total. The lowest BCUT2D eigenvalue weighted by Gasteiger charge is -2.29. The molecule has 1 saturated heterocycles. The average molecular weight is 265 g/mol. The lowest BCUT2D eigenvalue weighted by atomic mass is 10.3. The molecule has 0 aliphatic carbocycles. The lowest BCUT2D eigenvalue weighted by molar-refractivity contribution is 0.0339. The zero-order valence-corrected chi connectivity index (χ0v) is 12.2. The Kier molecular flexibility index (Phi) is 4.55. The first-order valence-corrected chi connectivity index (χ1v) is 6.62. The number of nitrogens with one attached hydrogen (secondary N) is 1. The van der Waals surface area contributed by atoms with Crippen molar-refractivity contribution in [3.05, 3.63) is 11.9 Å². The number of hydrogen-bond donors (Lipinski definition) is 1. The van der Waals surface area contributed by atoms with Gasteiger partial charge in [-0.1, -0.05) is 0 Å². The summed E-state index contributed by atoms with van der Waals surface area (Å²) in [4.78, 5) is 13.0. The molecule has 0 spiro atoms. The fourth-order valence-corrected chi connectivity index (χ4v) is 2.10. The number of ether oxygens (including phenoxy) is 1. The normalized spacial score (nSPS) is 19.3. The van der Waals surface area contributed by atoms with E-state index in [1.165, 1.54) is 0 Å². The molecular weight excluding hydrogens is 242 g/mol. The predicted octanol–water partition coefficient (Wildman–Crippen LogP) is 0.276. The van der Waals surface area contributed by atoms with Crippen LogP contribution in [0.1, 0.15) is 5.82 Å². The molecule has 106 valence electrons. The number of hydrogen-bond acceptors (Lipinski definition) is 6. The fourth-order valence-electron chi connectivity index (χ4n) is 2.10. The van der Waals surface area contributed by atoms with E-state index in [9.17, 15) is 0 Å². The molecule has 19 heavy (non-hydrogen) atoms. The van der Waals surface area contributed by atoms with Crippen LogP contribution in [0.4, 0.5) is 11.6 Å². The Morgan fingerprint density at radius 1 is 1.32 bits per heavy atom. The third kappa shape index (κ3) is 3.78. The molecular formula is C13H23N5O. The van der Waals surface area contributed by atoms with Gasteiger partial charge in [-0.25, -0.2) is 9.97 Å². The summed E-state index contributed by atoms with van der Waals surface area (Å²) in [6, 6.07) is 2.00. The van der Waals surface area contributed by atoms with Crippen LogP contribution >= 0.6 is 0 Å². The van der Waals surface area contributed by atoms with Crippen molar-refractivity contribution in [3.63, 3.8) is 0 Å². The van der Waals surface area contributed by atoms with Gasteiger partial charge >= 0.3 is 0 Å². The first-order valence-electron chi connectivity index (χ1n) is 6.62. The highest BCUT2D eigenvalue weighted by Crippen LogP contribution is 2.17. The second-order valence-corrected chi connectivity index (χ2v) is 5.10. The Labute approximate surface area is 114 Å². The van der Waals surface area contributed by atoms with E-state index in [1.807, 2.05) is 39.0 Å². The lowest BCUT2D eigenvalue weighted by Crippen LogP contribution is -2.44. The summed E-state index contributed by atoms with van der Waals surface area (Å²) in [5.74, 6) is 2.65. The summed E-state index contributed by atoms with van der Waals surface area (Å²) in [5.41, 5.74) is 0. The van der Waals surface area contributed by atoms with Gasteiger partial charge in [-0.05, 0) is 6.92 Å². The number of aryl methyl sites for hydroxylation is 1. The van der Waals surface area contributed by atoms with Crippen LogP contribution in [-0.2, 0) is 4.74 Å². The Balaban J connectivity index is 2.07. The SMILES string of the molecule is Cc1nc(N(C)C)cc(N(C)CC2CNCCO2)n1. The van der Waals surface area contributed by atoms with Gasteiger partial charge in [0.15, 0.2) is 0 Å². The molecule has 1 fully saturated rings. The average Bonchev–Trinajstić information content (AvgIpc) is 2.39. The van der Waals surface area contributed by atoms with Gasteiger partial charge in [0.2, 0.25) is 0 Å². The number of likely N-dealkylation sites (N-methyl/N-ethyl adjacent to an activating group) is 1. The van der Waals surface area contributed by atoms with Crippen molar-refractivity contribution in [2.75, 3.05) is 57.2 Å². The van der Waals surface area contributed by atoms with Crippen molar-refractivity contribution in [1.82, 2.24) is 15.3 Å². The van der Waals surface area contributed by atoms with Crippen LogP contribution in [0.25, 0.3) is 0 Å². The van der Waals surface area contributed by atoms with E-state index in [0.717, 1.165) is 43.7 Å². The third-order valence-corrected chi connectivity index (χ3v) is 3.14. The zero-order chi connectivity index (χ0) is 13.8. The smallest absolute Gasteiger partial charge is 0.134 e. The molecule has 0 aromatic carbocycles. The molecule has 1 atom stereocenters. The van der Waals surface area contributed by atoms with E-state index in [0.29, 0.717) is 0 Å². The summed E-state index contributed by atoms with van der Waals surface area (Å²) < 4.78 is 5.72. The van der Waals surface area contributed by atoms with Crippen LogP contribution in [0, 0.1) is 6.92 Å². The monoisotopic (exact) mass is 265 g/mol. The second kappa shape index (κ2) is 6.16. The van der Waals surface area contributed by atoms with Crippen LogP contribution in [0.5, 0.6) is 0 Å². The minimum atomic E-state index is 0.219. The molecule has 1 aromatic heterocycles. The van der Waals surface area contributed by atoms with Crippen LogP contribution in [0.2, 0.25) is 0 Å². The summed E-state index contributed by atoms with van der Waals surface area (Å²) in [7, 11) is 6.01. The molecule has 0 saturated carbocycles. The number of nitrogens with zero attached hydrogens (tertiary/aromatic N) is 4. The number of anilines is 2. The van der Waals surface area contributed by atoms with E-state index >= 15 is 0 Å². The van der Waals surface area contributed by atoms with Gasteiger partial charge in [0.05, 0.1) is 12.7 Å². The maximum Gasteiger partial charge on any atom is 0.134 e. The highest BCUT2D eigenvalue weighted by molar-refractivity contribution is 5.49. The molecule has 1 aromatic rings. The summed E-state index contributed by atoms with van der Waals surface area (Å²) >= 11 is 0. The Morgan fingerprint density at radius 3 is 2.68 bits per heavy atom. The van der Waals surface area contributed by atoms with Crippen LogP contribution in [0.15, 0.2) is 6.07 Å². The first kappa shape index (κ1) is 14.0. The molecule has 2 rings (SSSR count). The molecule has 0 amide bonds. The van der Waals surface area contributed by atoms with E-state index in [4.69, 9.17) is 4.74 Å². The van der Waals surface area contributed by atoms with Gasteiger partial charge in [0, 0.05) is 46.8 Å². The molecule has 0 radical (unpaired) electrons. The molecule has 1 aliphatic heterocycles. The van der Waals surface area contributed by atoms with Gasteiger partial charge in [-0.3, -0.25) is 0 Å². The van der Waals surface area contributed by atoms with Gasteiger partial charge in [-0.15, -0.1) is 0 Å². The standard InChI is InChI=1S/C13H23N5O/c1-10-15-12(17(2)3)7-13(16-10)18(4)9-11-8-14-5-6-19-11/h7,11,14H,5-6,8-9H2,1-4H3. The fraction of sp³-hybridized carbons (Fsp3) is 0.692. The molecule has 0 bridgehead atoms. The summed E-state index contributed by atoms with van der Waals surface area (Å²) in [6.07, 6.45) is 0.219. The maximum atomic E-state index is 5.72. The Morgan fingerprint density at radius 2 is 2.05 bits per heavy atom. The van der Waals surface area contributed by atoms with Gasteiger partial charge < -0.3 is 19.9 Å². The minimum absolute atomic E-state index is 0.219. The zero-order valence-electron chi connectivity index (χ0n) is 12.2. The molecule has 2 heterocycles. The van der Waals surface area contributed by atoms with E-state index < -0.39 is 0 Å². The van der Waals surface area contributed by atoms with Crippen molar-refractivity contribution < 1.29 is 4.74 Å². The topological polar surface area (TPSA) is 53.5 Å². The first-order chi connectivity index (χ1) is 9.06. The maximum absolute atomic E-state index is 5.72. The largest absolute Gasteiger partial charge is 0.374 e. The number of aromatic nitrogens is 2. The van der Waals surface area contributed by atoms with E-state index in [-0.39, 0.29) is 6.10 Å². The van der Waals surface area contributed by atoms with Gasteiger partial charge in [0.25, 0.3) is 0 Å². The summed E-state index contributed by atoms with van der Waals surface area (Å²) in [5, 5.41) is 3.34. The molecule has 6 heteroatoms.